The van der Waals surface area contributed by atoms with Crippen LogP contribution in [0.4, 0.5) is 0 Å². The summed E-state index contributed by atoms with van der Waals surface area (Å²) in [4.78, 5) is 45.2. The van der Waals surface area contributed by atoms with E-state index in [1.54, 1.807) is 35.5 Å². The number of amides is 2. The van der Waals surface area contributed by atoms with E-state index in [0.717, 1.165) is 10.9 Å². The number of aldehydes is 1. The molecule has 1 saturated heterocycles. The largest absolute Gasteiger partial charge is 0.391 e. The van der Waals surface area contributed by atoms with Crippen LogP contribution in [0.1, 0.15) is 38.3 Å². The molecule has 3 atom stereocenters. The third-order valence-electron chi connectivity index (χ3n) is 7.43. The van der Waals surface area contributed by atoms with E-state index in [1.165, 1.54) is 4.90 Å². The topological polar surface area (TPSA) is 187 Å². The first-order valence-corrected chi connectivity index (χ1v) is 14.2. The summed E-state index contributed by atoms with van der Waals surface area (Å²) in [6, 6.07) is 5.87. The highest BCUT2D eigenvalue weighted by Gasteiger charge is 2.30. The van der Waals surface area contributed by atoms with Crippen molar-refractivity contribution in [2.75, 3.05) is 26.2 Å². The second-order valence-electron chi connectivity index (χ2n) is 10.4. The molecule has 0 spiro atoms. The Bertz CT molecular complexity index is 1630. The molecule has 13 nitrogen and oxygen atoms in total. The predicted molar refractivity (Wildman–Crippen MR) is 158 cm³/mol. The van der Waals surface area contributed by atoms with Crippen LogP contribution < -0.4 is 10.6 Å². The minimum atomic E-state index is -1.06. The quantitative estimate of drug-likeness (QED) is 0.116. The minimum Gasteiger partial charge on any atom is -0.391 e. The number of hydrogen-bond donors (Lipinski definition) is 5. The van der Waals surface area contributed by atoms with Gasteiger partial charge in [0.25, 0.3) is 11.8 Å². The Hall–Kier alpha value is -4.22. The smallest absolute Gasteiger partial charge is 0.254 e. The fraction of sp³-hybridized carbons (Fsp3) is 0.357. The molecule has 5 N–H and O–H groups in total. The molecule has 2 amide bonds. The van der Waals surface area contributed by atoms with Gasteiger partial charge in [0.1, 0.15) is 12.3 Å². The number of guanidine groups is 1. The number of likely N-dealkylation sites (tertiary alicyclic amines) is 1. The van der Waals surface area contributed by atoms with Gasteiger partial charge in [0.15, 0.2) is 0 Å². The van der Waals surface area contributed by atoms with E-state index < -0.39 is 24.2 Å². The molecule has 2 aromatic carbocycles. The summed E-state index contributed by atoms with van der Waals surface area (Å²) < 4.78 is 0. The lowest BCUT2D eigenvalue weighted by Crippen LogP contribution is -2.54. The molecule has 0 saturated carbocycles. The van der Waals surface area contributed by atoms with Gasteiger partial charge in [-0.15, -0.1) is 4.99 Å². The molecule has 43 heavy (non-hydrogen) atoms. The summed E-state index contributed by atoms with van der Waals surface area (Å²) in [6.45, 7) is 0.743. The van der Waals surface area contributed by atoms with Gasteiger partial charge in [0, 0.05) is 50.1 Å². The lowest BCUT2D eigenvalue weighted by atomic mass is 9.96. The first-order chi connectivity index (χ1) is 20.7. The SMILES string of the molecule is N#C/N=C(\NC[C@@H](C=O)NC(=O)c1c(Cl)cc2c(c1Cl)CCN(C(=O)c1ccc3cn[nH]c3c1)C2)N1C[C@@H](O)C[C@H](O)C1. The summed E-state index contributed by atoms with van der Waals surface area (Å²) in [7, 11) is 0. The number of nitriles is 1. The van der Waals surface area contributed by atoms with E-state index in [1.807, 2.05) is 6.07 Å². The standard InChI is InChI=1S/C28H28Cl2N8O5/c29-22-5-17-10-37(27(43)15-1-2-16-8-34-36-23(16)6-15)4-3-21(17)25(30)24(22)26(42)35-18(13-39)9-32-28(33-14-31)38-11-19(40)7-20(41)12-38/h1-2,5-6,8,13,18-20,40-41H,3-4,7,9-12H2,(H,32,33)(H,34,36)(H,35,42)/t18-,19-,20-/m0/s1. The van der Waals surface area contributed by atoms with Crippen LogP contribution in [0.3, 0.4) is 0 Å². The Kier molecular flexibility index (Phi) is 9.12. The number of aliphatic imine (C=N–C) groups is 1. The zero-order valence-electron chi connectivity index (χ0n) is 22.8. The molecule has 3 heterocycles. The number of H-pyrrole nitrogens is 1. The number of piperidine rings is 1. The van der Waals surface area contributed by atoms with E-state index >= 15 is 0 Å². The molecule has 2 aliphatic heterocycles. The van der Waals surface area contributed by atoms with Crippen molar-refractivity contribution in [2.24, 2.45) is 4.99 Å². The number of nitrogens with zero attached hydrogens (tertiary/aromatic N) is 5. The van der Waals surface area contributed by atoms with Crippen LogP contribution in [0.25, 0.3) is 10.9 Å². The first kappa shape index (κ1) is 30.2. The highest BCUT2D eigenvalue weighted by Crippen LogP contribution is 2.35. The summed E-state index contributed by atoms with van der Waals surface area (Å²) >= 11 is 13.2. The van der Waals surface area contributed by atoms with Crippen molar-refractivity contribution in [1.82, 2.24) is 30.6 Å². The van der Waals surface area contributed by atoms with E-state index in [4.69, 9.17) is 28.5 Å². The van der Waals surface area contributed by atoms with Gasteiger partial charge in [-0.2, -0.15) is 10.4 Å². The van der Waals surface area contributed by atoms with Gasteiger partial charge in [-0.25, -0.2) is 0 Å². The van der Waals surface area contributed by atoms with Crippen LogP contribution in [0.5, 0.6) is 0 Å². The van der Waals surface area contributed by atoms with Gasteiger partial charge >= 0.3 is 0 Å². The lowest BCUT2D eigenvalue weighted by molar-refractivity contribution is -0.109. The number of aliphatic hydroxyl groups excluding tert-OH is 2. The van der Waals surface area contributed by atoms with Crippen LogP contribution in [-0.4, -0.2) is 98.7 Å². The molecule has 2 aliphatic rings. The van der Waals surface area contributed by atoms with E-state index in [0.29, 0.717) is 35.9 Å². The van der Waals surface area contributed by atoms with Crippen LogP contribution >= 0.6 is 23.2 Å². The highest BCUT2D eigenvalue weighted by molar-refractivity contribution is 6.40. The summed E-state index contributed by atoms with van der Waals surface area (Å²) in [5.74, 6) is -0.786. The van der Waals surface area contributed by atoms with Crippen LogP contribution in [0.15, 0.2) is 35.5 Å². The normalized spacial score (nSPS) is 19.4. The molecule has 5 rings (SSSR count). The van der Waals surface area contributed by atoms with Crippen molar-refractivity contribution in [3.8, 4) is 6.19 Å². The van der Waals surface area contributed by atoms with Crippen molar-refractivity contribution in [1.29, 1.82) is 5.26 Å². The molecule has 0 radical (unpaired) electrons. The van der Waals surface area contributed by atoms with Crippen molar-refractivity contribution in [3.05, 3.63) is 62.8 Å². The Balaban J connectivity index is 1.26. The van der Waals surface area contributed by atoms with Gasteiger partial charge in [-0.05, 0) is 35.7 Å². The van der Waals surface area contributed by atoms with Crippen molar-refractivity contribution >= 4 is 58.2 Å². The van der Waals surface area contributed by atoms with Gasteiger partial charge < -0.3 is 35.4 Å². The van der Waals surface area contributed by atoms with Crippen LogP contribution in [-0.2, 0) is 17.8 Å². The monoisotopic (exact) mass is 626 g/mol. The Morgan fingerprint density at radius 2 is 2.00 bits per heavy atom. The molecule has 1 aromatic heterocycles. The molecule has 224 valence electrons. The molecule has 0 unspecified atom stereocenters. The lowest BCUT2D eigenvalue weighted by Gasteiger charge is -2.35. The van der Waals surface area contributed by atoms with E-state index in [9.17, 15) is 24.6 Å². The third kappa shape index (κ3) is 6.57. The minimum absolute atomic E-state index is 0.00611. The van der Waals surface area contributed by atoms with Crippen LogP contribution in [0, 0.1) is 11.5 Å². The van der Waals surface area contributed by atoms with Gasteiger partial charge in [0.05, 0.1) is 39.5 Å². The number of β-amino-alcohol motifs (C(OH)–C–C–N with tert-alkyl or cyclic N) is 2. The number of aliphatic hydroxyl groups is 2. The molecular formula is C28H28Cl2N8O5. The molecule has 1 fully saturated rings. The number of rotatable bonds is 6. The molecule has 15 heteroatoms. The third-order valence-corrected chi connectivity index (χ3v) is 8.15. The number of benzene rings is 2. The summed E-state index contributed by atoms with van der Waals surface area (Å²) in [6.07, 6.45) is 2.80. The maximum Gasteiger partial charge on any atom is 0.254 e. The van der Waals surface area contributed by atoms with Crippen molar-refractivity contribution in [2.45, 2.75) is 37.6 Å². The molecule has 0 bridgehead atoms. The van der Waals surface area contributed by atoms with E-state index in [-0.39, 0.29) is 60.1 Å². The number of halogens is 2. The maximum atomic E-state index is 13.2. The van der Waals surface area contributed by atoms with Gasteiger partial charge in [-0.3, -0.25) is 14.7 Å². The zero-order valence-corrected chi connectivity index (χ0v) is 24.3. The first-order valence-electron chi connectivity index (χ1n) is 13.5. The fourth-order valence-electron chi connectivity index (χ4n) is 5.35. The summed E-state index contributed by atoms with van der Waals surface area (Å²) in [5.41, 5.74) is 2.68. The highest BCUT2D eigenvalue weighted by atomic mass is 35.5. The fourth-order valence-corrected chi connectivity index (χ4v) is 6.11. The second-order valence-corrected chi connectivity index (χ2v) is 11.2. The molecule has 3 aromatic rings. The number of aromatic amines is 1. The molecule has 0 aliphatic carbocycles. The zero-order chi connectivity index (χ0) is 30.7. The Morgan fingerprint density at radius 3 is 2.72 bits per heavy atom. The summed E-state index contributed by atoms with van der Waals surface area (Å²) in [5, 5.41) is 42.4. The van der Waals surface area contributed by atoms with E-state index in [2.05, 4.69) is 25.8 Å². The number of carbonyl (C=O) groups excluding carboxylic acids is 3. The average Bonchev–Trinajstić information content (AvgIpc) is 3.45. The Labute approximate surface area is 256 Å². The maximum absolute atomic E-state index is 13.2. The van der Waals surface area contributed by atoms with Crippen molar-refractivity contribution < 1.29 is 24.6 Å². The molecular weight excluding hydrogens is 599 g/mol. The Morgan fingerprint density at radius 1 is 1.23 bits per heavy atom. The number of hydrogen-bond acceptors (Lipinski definition) is 8. The van der Waals surface area contributed by atoms with Gasteiger partial charge in [0.2, 0.25) is 12.2 Å². The average molecular weight is 627 g/mol. The number of aromatic nitrogens is 2. The van der Waals surface area contributed by atoms with Crippen molar-refractivity contribution in [3.63, 3.8) is 0 Å². The van der Waals surface area contributed by atoms with Crippen LogP contribution in [0.2, 0.25) is 10.0 Å². The number of carbonyl (C=O) groups is 3. The number of fused-ring (bicyclic) bond motifs is 2. The predicted octanol–water partition coefficient (Wildman–Crippen LogP) is 1.22. The number of nitrogens with one attached hydrogen (secondary N) is 3. The van der Waals surface area contributed by atoms with Gasteiger partial charge in [-0.1, -0.05) is 29.3 Å². The second kappa shape index (κ2) is 13.0.